The van der Waals surface area contributed by atoms with E-state index in [-0.39, 0.29) is 5.41 Å². The molecule has 1 aromatic carbocycles. The van der Waals surface area contributed by atoms with E-state index in [0.29, 0.717) is 0 Å². The van der Waals surface area contributed by atoms with Gasteiger partial charge in [0.05, 0.1) is 4.90 Å². The van der Waals surface area contributed by atoms with Crippen LogP contribution in [0.3, 0.4) is 0 Å². The molecule has 14 heavy (non-hydrogen) atoms. The van der Waals surface area contributed by atoms with Crippen LogP contribution in [0.15, 0.2) is 28.0 Å². The lowest BCUT2D eigenvalue weighted by molar-refractivity contribution is 0.574. The molecular formula is C10H12OS3. The second-order valence-corrected chi connectivity index (χ2v) is 8.93. The van der Waals surface area contributed by atoms with Crippen LogP contribution < -0.4 is 0 Å². The zero-order valence-electron chi connectivity index (χ0n) is 8.37. The second-order valence-electron chi connectivity index (χ2n) is 4.27. The van der Waals surface area contributed by atoms with E-state index in [1.807, 2.05) is 12.1 Å². The van der Waals surface area contributed by atoms with Crippen molar-refractivity contribution < 1.29 is 4.21 Å². The fourth-order valence-electron chi connectivity index (χ4n) is 1.43. The van der Waals surface area contributed by atoms with E-state index < -0.39 is 9.83 Å². The molecule has 1 aliphatic rings. The third kappa shape index (κ3) is 1.75. The standard InChI is InChI=1S/C10H12OS3/c1-10(2,3)7-5-4-6-8-9(7)12-13-14(8)11/h4-6H,1-3H3. The molecule has 2 rings (SSSR count). The Morgan fingerprint density at radius 3 is 2.64 bits per heavy atom. The van der Waals surface area contributed by atoms with Gasteiger partial charge >= 0.3 is 0 Å². The minimum Gasteiger partial charge on any atom is -0.242 e. The van der Waals surface area contributed by atoms with Crippen LogP contribution in [0, 0.1) is 0 Å². The lowest BCUT2D eigenvalue weighted by Crippen LogP contribution is -2.12. The predicted octanol–water partition coefficient (Wildman–Crippen LogP) is 3.76. The van der Waals surface area contributed by atoms with Crippen molar-refractivity contribution in [1.82, 2.24) is 0 Å². The van der Waals surface area contributed by atoms with Crippen molar-refractivity contribution in [3.8, 4) is 0 Å². The van der Waals surface area contributed by atoms with Crippen LogP contribution in [0.25, 0.3) is 0 Å². The highest BCUT2D eigenvalue weighted by Gasteiger charge is 2.27. The molecule has 1 atom stereocenters. The number of rotatable bonds is 0. The largest absolute Gasteiger partial charge is 0.242 e. The Morgan fingerprint density at radius 2 is 2.00 bits per heavy atom. The Kier molecular flexibility index (Phi) is 2.70. The molecule has 0 aliphatic carbocycles. The summed E-state index contributed by atoms with van der Waals surface area (Å²) in [6, 6.07) is 6.10. The van der Waals surface area contributed by atoms with Crippen LogP contribution in [0.2, 0.25) is 0 Å². The van der Waals surface area contributed by atoms with E-state index in [2.05, 4.69) is 26.8 Å². The summed E-state index contributed by atoms with van der Waals surface area (Å²) < 4.78 is 11.6. The van der Waals surface area contributed by atoms with Crippen molar-refractivity contribution in [2.45, 2.75) is 36.0 Å². The SMILES string of the molecule is CC(C)(C)c1cccc2c1SSS2=O. The molecule has 0 bridgehead atoms. The normalized spacial score (nSPS) is 20.9. The monoisotopic (exact) mass is 244 g/mol. The second kappa shape index (κ2) is 3.58. The molecule has 0 fully saturated rings. The summed E-state index contributed by atoms with van der Waals surface area (Å²) in [5, 5.41) is 0. The van der Waals surface area contributed by atoms with E-state index in [1.165, 1.54) is 20.3 Å². The van der Waals surface area contributed by atoms with Gasteiger partial charge in [0.25, 0.3) is 0 Å². The van der Waals surface area contributed by atoms with Gasteiger partial charge in [0.2, 0.25) is 0 Å². The fourth-order valence-corrected chi connectivity index (χ4v) is 6.76. The quantitative estimate of drug-likeness (QED) is 0.647. The number of hydrogen-bond acceptors (Lipinski definition) is 3. The number of fused-ring (bicyclic) bond motifs is 1. The van der Waals surface area contributed by atoms with Gasteiger partial charge in [0, 0.05) is 14.7 Å². The summed E-state index contributed by atoms with van der Waals surface area (Å²) >= 11 is 0. The Bertz CT molecular complexity index is 393. The first kappa shape index (κ1) is 10.6. The third-order valence-electron chi connectivity index (χ3n) is 2.15. The van der Waals surface area contributed by atoms with Crippen molar-refractivity contribution >= 4 is 30.5 Å². The first-order chi connectivity index (χ1) is 6.50. The predicted molar refractivity (Wildman–Crippen MR) is 65.0 cm³/mol. The van der Waals surface area contributed by atoms with Gasteiger partial charge in [-0.2, -0.15) is 0 Å². The zero-order chi connectivity index (χ0) is 10.3. The number of benzene rings is 1. The molecule has 1 aromatic rings. The van der Waals surface area contributed by atoms with Gasteiger partial charge in [-0.25, -0.2) is 4.21 Å². The number of hydrogen-bond donors (Lipinski definition) is 0. The molecule has 1 nitrogen and oxygen atoms in total. The zero-order valence-corrected chi connectivity index (χ0v) is 10.8. The highest BCUT2D eigenvalue weighted by atomic mass is 33.5. The summed E-state index contributed by atoms with van der Waals surface area (Å²) in [5.74, 6) is 0. The van der Waals surface area contributed by atoms with Gasteiger partial charge in [0.1, 0.15) is 9.83 Å². The smallest absolute Gasteiger partial charge is 0.125 e. The fraction of sp³-hybridized carbons (Fsp3) is 0.400. The van der Waals surface area contributed by atoms with Crippen molar-refractivity contribution in [2.75, 3.05) is 0 Å². The first-order valence-corrected chi connectivity index (χ1v) is 8.22. The molecule has 1 heterocycles. The molecule has 0 aromatic heterocycles. The summed E-state index contributed by atoms with van der Waals surface area (Å²) in [7, 11) is 2.23. The first-order valence-electron chi connectivity index (χ1n) is 4.40. The van der Waals surface area contributed by atoms with Crippen molar-refractivity contribution in [3.05, 3.63) is 23.8 Å². The average Bonchev–Trinajstić information content (AvgIpc) is 2.46. The Labute approximate surface area is 94.3 Å². The summed E-state index contributed by atoms with van der Waals surface area (Å²) in [6.07, 6.45) is 0. The molecule has 4 heteroatoms. The van der Waals surface area contributed by atoms with Gasteiger partial charge in [-0.3, -0.25) is 0 Å². The Hall–Kier alpha value is 0.0700. The van der Waals surface area contributed by atoms with Gasteiger partial charge in [-0.1, -0.05) is 32.9 Å². The van der Waals surface area contributed by atoms with E-state index >= 15 is 0 Å². The van der Waals surface area contributed by atoms with Gasteiger partial charge in [-0.05, 0) is 27.8 Å². The molecule has 0 N–H and O–H groups in total. The average molecular weight is 244 g/mol. The molecule has 0 amide bonds. The van der Waals surface area contributed by atoms with Crippen LogP contribution >= 0.6 is 20.6 Å². The van der Waals surface area contributed by atoms with Gasteiger partial charge in [-0.15, -0.1) is 0 Å². The van der Waals surface area contributed by atoms with E-state index in [0.717, 1.165) is 4.90 Å². The molecule has 0 saturated carbocycles. The maximum Gasteiger partial charge on any atom is 0.125 e. The van der Waals surface area contributed by atoms with Crippen LogP contribution in [-0.4, -0.2) is 4.21 Å². The maximum atomic E-state index is 11.6. The Balaban J connectivity index is 2.60. The summed E-state index contributed by atoms with van der Waals surface area (Å²) in [6.45, 7) is 6.57. The highest BCUT2D eigenvalue weighted by molar-refractivity contribution is 9.06. The molecule has 1 aliphatic heterocycles. The van der Waals surface area contributed by atoms with Crippen molar-refractivity contribution in [2.24, 2.45) is 0 Å². The van der Waals surface area contributed by atoms with Gasteiger partial charge in [0.15, 0.2) is 0 Å². The van der Waals surface area contributed by atoms with Crippen molar-refractivity contribution in [3.63, 3.8) is 0 Å². The molecule has 0 radical (unpaired) electrons. The topological polar surface area (TPSA) is 17.1 Å². The van der Waals surface area contributed by atoms with E-state index in [9.17, 15) is 4.21 Å². The summed E-state index contributed by atoms with van der Waals surface area (Å²) in [5.41, 5.74) is 1.44. The van der Waals surface area contributed by atoms with E-state index in [4.69, 9.17) is 0 Å². The van der Waals surface area contributed by atoms with Gasteiger partial charge < -0.3 is 0 Å². The Morgan fingerprint density at radius 1 is 1.29 bits per heavy atom. The molecule has 76 valence electrons. The van der Waals surface area contributed by atoms with Crippen LogP contribution in [-0.2, 0) is 15.2 Å². The minimum atomic E-state index is -0.863. The molecule has 1 unspecified atom stereocenters. The maximum absolute atomic E-state index is 11.6. The molecule has 0 spiro atoms. The van der Waals surface area contributed by atoms with Crippen molar-refractivity contribution in [1.29, 1.82) is 0 Å². The van der Waals surface area contributed by atoms with Crippen LogP contribution in [0.4, 0.5) is 0 Å². The molecule has 0 saturated heterocycles. The lowest BCUT2D eigenvalue weighted by Gasteiger charge is -2.21. The van der Waals surface area contributed by atoms with E-state index in [1.54, 1.807) is 10.8 Å². The lowest BCUT2D eigenvalue weighted by atomic mass is 9.87. The van der Waals surface area contributed by atoms with Crippen LogP contribution in [0.1, 0.15) is 26.3 Å². The van der Waals surface area contributed by atoms with Crippen LogP contribution in [0.5, 0.6) is 0 Å². The molecular weight excluding hydrogens is 232 g/mol. The minimum absolute atomic E-state index is 0.132. The highest BCUT2D eigenvalue weighted by Crippen LogP contribution is 2.51. The summed E-state index contributed by atoms with van der Waals surface area (Å²) in [4.78, 5) is 2.20. The third-order valence-corrected chi connectivity index (χ3v) is 7.11.